The van der Waals surface area contributed by atoms with Gasteiger partial charge in [-0.2, -0.15) is 0 Å². The van der Waals surface area contributed by atoms with Gasteiger partial charge in [0.25, 0.3) is 0 Å². The number of halogens is 3. The van der Waals surface area contributed by atoms with Crippen LogP contribution in [0.5, 0.6) is 11.5 Å². The fourth-order valence-electron chi connectivity index (χ4n) is 2.76. The lowest BCUT2D eigenvalue weighted by molar-refractivity contribution is -0.274. The van der Waals surface area contributed by atoms with E-state index in [9.17, 15) is 13.2 Å². The highest BCUT2D eigenvalue weighted by Crippen LogP contribution is 2.25. The molecule has 0 saturated carbocycles. The van der Waals surface area contributed by atoms with Crippen molar-refractivity contribution in [1.29, 1.82) is 5.41 Å². The molecule has 3 aromatic carbocycles. The lowest BCUT2D eigenvalue weighted by Crippen LogP contribution is -2.16. The van der Waals surface area contributed by atoms with E-state index in [2.05, 4.69) is 20.0 Å². The first-order chi connectivity index (χ1) is 17.6. The number of hydrogen-bond donors (Lipinski definition) is 3. The molecule has 0 bridgehead atoms. The second kappa shape index (κ2) is 14.3. The maximum atomic E-state index is 12.0. The van der Waals surface area contributed by atoms with Crippen LogP contribution in [0.2, 0.25) is 0 Å². The van der Waals surface area contributed by atoms with Crippen LogP contribution >= 0.6 is 12.2 Å². The first-order valence-electron chi connectivity index (χ1n) is 10.9. The number of aliphatic imine (C=N–C) groups is 2. The quantitative estimate of drug-likeness (QED) is 0.176. The number of rotatable bonds is 8. The van der Waals surface area contributed by atoms with Crippen LogP contribution in [0, 0.1) is 5.41 Å². The summed E-state index contributed by atoms with van der Waals surface area (Å²) in [5, 5.41) is 10.2. The molecular formula is C26H26F3N5O2S. The number of amidine groups is 1. The summed E-state index contributed by atoms with van der Waals surface area (Å²) in [6, 6.07) is 19.7. The Kier molecular flexibility index (Phi) is 11.2. The minimum atomic E-state index is -4.73. The third-order valence-corrected chi connectivity index (χ3v) is 4.45. The Labute approximate surface area is 218 Å². The maximum Gasteiger partial charge on any atom is 0.573 e. The summed E-state index contributed by atoms with van der Waals surface area (Å²) in [7, 11) is 0. The van der Waals surface area contributed by atoms with E-state index >= 15 is 0 Å². The molecule has 0 atom stereocenters. The summed E-state index contributed by atoms with van der Waals surface area (Å²) in [6.07, 6.45) is -2.30. The van der Waals surface area contributed by atoms with Crippen molar-refractivity contribution in [2.45, 2.75) is 20.2 Å². The van der Waals surface area contributed by atoms with E-state index in [1.807, 2.05) is 38.1 Å². The van der Waals surface area contributed by atoms with Gasteiger partial charge in [0.15, 0.2) is 0 Å². The maximum absolute atomic E-state index is 12.0. The Bertz CT molecular complexity index is 1230. The Morgan fingerprint density at radius 2 is 1.70 bits per heavy atom. The van der Waals surface area contributed by atoms with Crippen LogP contribution in [0.4, 0.5) is 24.5 Å². The van der Waals surface area contributed by atoms with E-state index in [4.69, 9.17) is 28.1 Å². The lowest BCUT2D eigenvalue weighted by Gasteiger charge is -2.10. The number of nitrogens with one attached hydrogen (secondary N) is 2. The molecule has 0 aliphatic carbocycles. The molecule has 0 aliphatic heterocycles. The third-order valence-electron chi connectivity index (χ3n) is 4.34. The molecule has 0 aliphatic rings. The van der Waals surface area contributed by atoms with E-state index < -0.39 is 6.36 Å². The Morgan fingerprint density at radius 3 is 2.27 bits per heavy atom. The van der Waals surface area contributed by atoms with Gasteiger partial charge in [-0.05, 0) is 55.8 Å². The Balaban J connectivity index is 0.000000312. The first kappa shape index (κ1) is 29.0. The largest absolute Gasteiger partial charge is 0.573 e. The van der Waals surface area contributed by atoms with Gasteiger partial charge in [0.2, 0.25) is 0 Å². The second-order valence-electron chi connectivity index (χ2n) is 7.18. The highest BCUT2D eigenvalue weighted by atomic mass is 32.1. The lowest BCUT2D eigenvalue weighted by atomic mass is 10.1. The van der Waals surface area contributed by atoms with Crippen LogP contribution in [-0.4, -0.2) is 36.3 Å². The summed E-state index contributed by atoms with van der Waals surface area (Å²) in [5.41, 5.74) is 8.54. The molecule has 0 radical (unpaired) electrons. The Hall–Kier alpha value is -4.25. The van der Waals surface area contributed by atoms with Crippen LogP contribution in [0.25, 0.3) is 0 Å². The highest BCUT2D eigenvalue weighted by molar-refractivity contribution is 7.80. The molecule has 0 fully saturated rings. The number of thiocarbonyl (C=S) groups is 1. The molecule has 3 aromatic rings. The van der Waals surface area contributed by atoms with Gasteiger partial charge in [-0.25, -0.2) is 9.98 Å². The zero-order valence-corrected chi connectivity index (χ0v) is 20.9. The van der Waals surface area contributed by atoms with Crippen LogP contribution in [0.1, 0.15) is 25.0 Å². The topological polar surface area (TPSA) is 105 Å². The van der Waals surface area contributed by atoms with E-state index in [0.717, 1.165) is 34.1 Å². The van der Waals surface area contributed by atoms with Gasteiger partial charge < -0.3 is 25.9 Å². The van der Waals surface area contributed by atoms with Gasteiger partial charge in [0.05, 0.1) is 23.0 Å². The van der Waals surface area contributed by atoms with Crippen molar-refractivity contribution >= 4 is 47.0 Å². The predicted octanol–water partition coefficient (Wildman–Crippen LogP) is 6.49. The Morgan fingerprint density at radius 1 is 1.05 bits per heavy atom. The number of nitrogens with zero attached hydrogens (tertiary/aromatic N) is 2. The second-order valence-corrected chi connectivity index (χ2v) is 7.79. The van der Waals surface area contributed by atoms with E-state index in [1.165, 1.54) is 24.7 Å². The monoisotopic (exact) mass is 529 g/mol. The van der Waals surface area contributed by atoms with Crippen molar-refractivity contribution in [1.82, 2.24) is 0 Å². The number of para-hydroxylation sites is 2. The number of benzene rings is 3. The average molecular weight is 530 g/mol. The molecule has 37 heavy (non-hydrogen) atoms. The molecule has 3 rings (SSSR count). The zero-order chi connectivity index (χ0) is 27.3. The molecule has 11 heteroatoms. The van der Waals surface area contributed by atoms with Crippen LogP contribution < -0.4 is 20.5 Å². The molecule has 0 aromatic heterocycles. The smallest absolute Gasteiger partial charge is 0.492 e. The van der Waals surface area contributed by atoms with Crippen LogP contribution in [-0.2, 0) is 0 Å². The predicted molar refractivity (Wildman–Crippen MR) is 146 cm³/mol. The number of nitrogens with two attached hydrogens (primary N) is 1. The minimum absolute atomic E-state index is 0.229. The minimum Gasteiger partial charge on any atom is -0.492 e. The fraction of sp³-hybridized carbons (Fsp3) is 0.154. The molecule has 0 unspecified atom stereocenters. The molecule has 0 heterocycles. The van der Waals surface area contributed by atoms with Gasteiger partial charge in [0.1, 0.15) is 23.7 Å². The molecule has 0 spiro atoms. The van der Waals surface area contributed by atoms with Crippen molar-refractivity contribution in [3.8, 4) is 11.5 Å². The normalized spacial score (nSPS) is 11.3. The van der Waals surface area contributed by atoms with E-state index in [0.29, 0.717) is 17.9 Å². The molecule has 0 saturated heterocycles. The third kappa shape index (κ3) is 10.9. The number of hydrogen-bond acceptors (Lipinski definition) is 5. The van der Waals surface area contributed by atoms with Crippen LogP contribution in [0.15, 0.2) is 82.8 Å². The summed E-state index contributed by atoms with van der Waals surface area (Å²) in [4.78, 5) is 8.68. The van der Waals surface area contributed by atoms with Crippen molar-refractivity contribution < 1.29 is 22.6 Å². The molecule has 7 nitrogen and oxygen atoms in total. The average Bonchev–Trinajstić information content (AvgIpc) is 2.86. The van der Waals surface area contributed by atoms with Gasteiger partial charge in [0, 0.05) is 11.8 Å². The van der Waals surface area contributed by atoms with Crippen LogP contribution in [0.3, 0.4) is 0 Å². The summed E-state index contributed by atoms with van der Waals surface area (Å²) in [5.74, 6) is 0.747. The number of alkyl halides is 3. The number of ether oxygens (including phenoxy) is 2. The molecular weight excluding hydrogens is 503 g/mol. The summed E-state index contributed by atoms with van der Waals surface area (Å²) in [6.45, 7) is 4.47. The van der Waals surface area contributed by atoms with E-state index in [-0.39, 0.29) is 11.6 Å². The van der Waals surface area contributed by atoms with Crippen molar-refractivity contribution in [2.75, 3.05) is 11.9 Å². The standard InChI is InChI=1S/C16H13F3N4O.C10H13NOS/c17-16(18,19)24-14-7-5-13(6-8-14)22-10-23-15(21)12-3-1-11(9-20)2-4-12;1-3-12-10-7-5-4-6-9(10)11-8(2)13/h1-10,20H,(H2,21,22,23);4-7H,3H2,1-2H3,(H,11,13). The van der Waals surface area contributed by atoms with Gasteiger partial charge >= 0.3 is 6.36 Å². The van der Waals surface area contributed by atoms with E-state index in [1.54, 1.807) is 24.3 Å². The highest BCUT2D eigenvalue weighted by Gasteiger charge is 2.30. The fourth-order valence-corrected chi connectivity index (χ4v) is 2.87. The van der Waals surface area contributed by atoms with Gasteiger partial charge in [-0.3, -0.25) is 0 Å². The van der Waals surface area contributed by atoms with Gasteiger partial charge in [-0.1, -0.05) is 48.6 Å². The SMILES string of the molecule is CCOc1ccccc1NC(C)=S.N=Cc1ccc(C(N)=NC=Nc2ccc(OC(F)(F)F)cc2)cc1. The van der Waals surface area contributed by atoms with Crippen molar-refractivity contribution in [3.63, 3.8) is 0 Å². The number of anilines is 1. The summed E-state index contributed by atoms with van der Waals surface area (Å²) >= 11 is 4.95. The summed E-state index contributed by atoms with van der Waals surface area (Å²) < 4.78 is 45.3. The zero-order valence-electron chi connectivity index (χ0n) is 20.1. The first-order valence-corrected chi connectivity index (χ1v) is 11.3. The van der Waals surface area contributed by atoms with Crippen molar-refractivity contribution in [2.24, 2.45) is 15.7 Å². The molecule has 0 amide bonds. The molecule has 4 N–H and O–H groups in total. The van der Waals surface area contributed by atoms with Crippen molar-refractivity contribution in [3.05, 3.63) is 83.9 Å². The van der Waals surface area contributed by atoms with Gasteiger partial charge in [-0.15, -0.1) is 13.2 Å². The molecule has 194 valence electrons.